The smallest absolute Gasteiger partial charge is 0.227 e. The second-order valence-corrected chi connectivity index (χ2v) is 6.25. The molecule has 1 amide bonds. The number of nitrogens with one attached hydrogen (secondary N) is 1. The Labute approximate surface area is 134 Å². The first-order valence-electron chi connectivity index (χ1n) is 7.44. The molecule has 120 valence electrons. The molecule has 0 spiro atoms. The van der Waals surface area contributed by atoms with Crippen molar-refractivity contribution in [3.05, 3.63) is 28.3 Å². The van der Waals surface area contributed by atoms with Crippen molar-refractivity contribution in [2.24, 2.45) is 5.92 Å². The highest BCUT2D eigenvalue weighted by atomic mass is 32.1. The van der Waals surface area contributed by atoms with Crippen molar-refractivity contribution in [1.29, 1.82) is 0 Å². The van der Waals surface area contributed by atoms with Crippen molar-refractivity contribution in [3.8, 4) is 11.5 Å². The number of hydrogen-bond donors (Lipinski definition) is 2. The van der Waals surface area contributed by atoms with E-state index in [9.17, 15) is 9.90 Å². The quantitative estimate of drug-likeness (QED) is 0.822. The third-order valence-electron chi connectivity index (χ3n) is 3.80. The SMILES string of the molecule is CCC(C)C(O)CNC(=O)Cc1nc(-c2ccsc2)oc1C. The Morgan fingerprint density at radius 1 is 1.55 bits per heavy atom. The van der Waals surface area contributed by atoms with Gasteiger partial charge >= 0.3 is 0 Å². The molecule has 2 heterocycles. The first kappa shape index (κ1) is 16.7. The molecule has 2 aromatic rings. The summed E-state index contributed by atoms with van der Waals surface area (Å²) in [5, 5.41) is 16.5. The van der Waals surface area contributed by atoms with Gasteiger partial charge in [-0.25, -0.2) is 4.98 Å². The minimum absolute atomic E-state index is 0.157. The highest BCUT2D eigenvalue weighted by Crippen LogP contribution is 2.23. The van der Waals surface area contributed by atoms with E-state index in [4.69, 9.17) is 4.42 Å². The lowest BCUT2D eigenvalue weighted by molar-refractivity contribution is -0.121. The van der Waals surface area contributed by atoms with Gasteiger partial charge in [0.25, 0.3) is 0 Å². The minimum Gasteiger partial charge on any atom is -0.441 e. The van der Waals surface area contributed by atoms with Crippen molar-refractivity contribution in [1.82, 2.24) is 10.3 Å². The molecule has 2 aromatic heterocycles. The molecule has 0 aliphatic carbocycles. The van der Waals surface area contributed by atoms with E-state index in [0.29, 0.717) is 17.3 Å². The molecule has 22 heavy (non-hydrogen) atoms. The average molecular weight is 322 g/mol. The topological polar surface area (TPSA) is 75.4 Å². The van der Waals surface area contributed by atoms with Crippen LogP contribution in [0.2, 0.25) is 0 Å². The summed E-state index contributed by atoms with van der Waals surface area (Å²) in [4.78, 5) is 16.4. The van der Waals surface area contributed by atoms with Gasteiger partial charge in [0.15, 0.2) is 0 Å². The number of aromatic nitrogens is 1. The molecular weight excluding hydrogens is 300 g/mol. The van der Waals surface area contributed by atoms with Gasteiger partial charge in [-0.05, 0) is 24.3 Å². The number of oxazole rings is 1. The Bertz CT molecular complexity index is 607. The number of nitrogens with zero attached hydrogens (tertiary/aromatic N) is 1. The lowest BCUT2D eigenvalue weighted by Crippen LogP contribution is -2.36. The number of thiophene rings is 1. The predicted molar refractivity (Wildman–Crippen MR) is 86.7 cm³/mol. The van der Waals surface area contributed by atoms with Gasteiger partial charge in [-0.2, -0.15) is 11.3 Å². The minimum atomic E-state index is -0.520. The third-order valence-corrected chi connectivity index (χ3v) is 4.48. The van der Waals surface area contributed by atoms with E-state index in [2.05, 4.69) is 10.3 Å². The molecule has 0 aliphatic heterocycles. The maximum Gasteiger partial charge on any atom is 0.227 e. The zero-order chi connectivity index (χ0) is 16.1. The standard InChI is InChI=1S/C16H22N2O3S/c1-4-10(2)14(19)8-17-15(20)7-13-11(3)21-16(18-13)12-5-6-22-9-12/h5-6,9-10,14,19H,4,7-8H2,1-3H3,(H,17,20). The van der Waals surface area contributed by atoms with Gasteiger partial charge in [0.1, 0.15) is 5.76 Å². The Balaban J connectivity index is 1.92. The second-order valence-electron chi connectivity index (χ2n) is 5.47. The molecule has 6 heteroatoms. The molecule has 0 bridgehead atoms. The van der Waals surface area contributed by atoms with Crippen molar-refractivity contribution in [2.75, 3.05) is 6.54 Å². The van der Waals surface area contributed by atoms with Crippen molar-refractivity contribution in [2.45, 2.75) is 39.7 Å². The van der Waals surface area contributed by atoms with Crippen LogP contribution in [0, 0.1) is 12.8 Å². The Kier molecular flexibility index (Phi) is 5.74. The van der Waals surface area contributed by atoms with Gasteiger partial charge < -0.3 is 14.8 Å². The third kappa shape index (κ3) is 4.18. The Hall–Kier alpha value is -1.66. The molecule has 0 saturated heterocycles. The van der Waals surface area contributed by atoms with Gasteiger partial charge in [-0.15, -0.1) is 0 Å². The summed E-state index contributed by atoms with van der Waals surface area (Å²) in [7, 11) is 0. The van der Waals surface area contributed by atoms with Crippen molar-refractivity contribution in [3.63, 3.8) is 0 Å². The van der Waals surface area contributed by atoms with Gasteiger partial charge in [-0.1, -0.05) is 20.3 Å². The maximum absolute atomic E-state index is 12.0. The number of aliphatic hydroxyl groups excluding tert-OH is 1. The van der Waals surface area contributed by atoms with E-state index in [1.54, 1.807) is 18.3 Å². The summed E-state index contributed by atoms with van der Waals surface area (Å²) in [6, 6.07) is 1.93. The predicted octanol–water partition coefficient (Wildman–Crippen LogP) is 2.78. The lowest BCUT2D eigenvalue weighted by atomic mass is 10.0. The molecule has 5 nitrogen and oxygen atoms in total. The molecular formula is C16H22N2O3S. The van der Waals surface area contributed by atoms with Gasteiger partial charge in [-0.3, -0.25) is 4.79 Å². The van der Waals surface area contributed by atoms with Crippen LogP contribution in [0.1, 0.15) is 31.7 Å². The second kappa shape index (κ2) is 7.56. The van der Waals surface area contributed by atoms with E-state index in [1.807, 2.05) is 30.7 Å². The fourth-order valence-electron chi connectivity index (χ4n) is 2.01. The highest BCUT2D eigenvalue weighted by Gasteiger charge is 2.17. The van der Waals surface area contributed by atoms with Crippen LogP contribution in [-0.4, -0.2) is 28.6 Å². The molecule has 0 aliphatic rings. The molecule has 2 N–H and O–H groups in total. The van der Waals surface area contributed by atoms with Crippen LogP contribution in [0.15, 0.2) is 21.2 Å². The van der Waals surface area contributed by atoms with Crippen LogP contribution in [0.4, 0.5) is 0 Å². The van der Waals surface area contributed by atoms with Crippen LogP contribution in [0.3, 0.4) is 0 Å². The fraction of sp³-hybridized carbons (Fsp3) is 0.500. The van der Waals surface area contributed by atoms with Gasteiger partial charge in [0, 0.05) is 17.5 Å². The van der Waals surface area contributed by atoms with Crippen LogP contribution < -0.4 is 5.32 Å². The summed E-state index contributed by atoms with van der Waals surface area (Å²) in [5.41, 5.74) is 1.56. The van der Waals surface area contributed by atoms with Crippen LogP contribution in [0.5, 0.6) is 0 Å². The van der Waals surface area contributed by atoms with Crippen LogP contribution >= 0.6 is 11.3 Å². The van der Waals surface area contributed by atoms with Gasteiger partial charge in [0.2, 0.25) is 11.8 Å². The largest absolute Gasteiger partial charge is 0.441 e. The fourth-order valence-corrected chi connectivity index (χ4v) is 2.64. The Morgan fingerprint density at radius 2 is 2.32 bits per heavy atom. The zero-order valence-corrected chi connectivity index (χ0v) is 13.9. The first-order valence-corrected chi connectivity index (χ1v) is 8.39. The molecule has 2 rings (SSSR count). The molecule has 0 aromatic carbocycles. The average Bonchev–Trinajstić information content (AvgIpc) is 3.14. The van der Waals surface area contributed by atoms with Crippen LogP contribution in [-0.2, 0) is 11.2 Å². The molecule has 0 saturated carbocycles. The highest BCUT2D eigenvalue weighted by molar-refractivity contribution is 7.08. The summed E-state index contributed by atoms with van der Waals surface area (Å²) in [6.07, 6.45) is 0.518. The normalized spacial score (nSPS) is 13.8. The van der Waals surface area contributed by atoms with E-state index in [0.717, 1.165) is 12.0 Å². The number of amides is 1. The van der Waals surface area contributed by atoms with Gasteiger partial charge in [0.05, 0.1) is 18.2 Å². The molecule has 2 atom stereocenters. The maximum atomic E-state index is 12.0. The molecule has 0 fully saturated rings. The van der Waals surface area contributed by atoms with E-state index in [1.165, 1.54) is 0 Å². The summed E-state index contributed by atoms with van der Waals surface area (Å²) in [6.45, 7) is 6.05. The number of carbonyl (C=O) groups is 1. The van der Waals surface area contributed by atoms with E-state index < -0.39 is 6.10 Å². The van der Waals surface area contributed by atoms with Crippen molar-refractivity contribution >= 4 is 17.2 Å². The summed E-state index contributed by atoms with van der Waals surface area (Å²) in [5.74, 6) is 1.20. The Morgan fingerprint density at radius 3 is 2.95 bits per heavy atom. The number of hydrogen-bond acceptors (Lipinski definition) is 5. The molecule has 2 unspecified atom stereocenters. The van der Waals surface area contributed by atoms with Crippen molar-refractivity contribution < 1.29 is 14.3 Å². The number of aryl methyl sites for hydroxylation is 1. The monoisotopic (exact) mass is 322 g/mol. The number of aliphatic hydroxyl groups is 1. The molecule has 0 radical (unpaired) electrons. The van der Waals surface area contributed by atoms with E-state index in [-0.39, 0.29) is 24.8 Å². The first-order chi connectivity index (χ1) is 10.5. The summed E-state index contributed by atoms with van der Waals surface area (Å²) >= 11 is 1.57. The zero-order valence-electron chi connectivity index (χ0n) is 13.1. The van der Waals surface area contributed by atoms with E-state index >= 15 is 0 Å². The number of carbonyl (C=O) groups excluding carboxylic acids is 1. The lowest BCUT2D eigenvalue weighted by Gasteiger charge is -2.17. The summed E-state index contributed by atoms with van der Waals surface area (Å²) < 4.78 is 5.61. The number of rotatable bonds is 7. The van der Waals surface area contributed by atoms with Crippen LogP contribution in [0.25, 0.3) is 11.5 Å².